The van der Waals surface area contributed by atoms with Crippen molar-refractivity contribution in [3.05, 3.63) is 102 Å². The van der Waals surface area contributed by atoms with E-state index in [0.717, 1.165) is 73.4 Å². The molecule has 0 amide bonds. The van der Waals surface area contributed by atoms with Crippen LogP contribution in [0.15, 0.2) is 59.3 Å². The van der Waals surface area contributed by atoms with E-state index in [-0.39, 0.29) is 5.41 Å². The van der Waals surface area contributed by atoms with Crippen LogP contribution in [-0.4, -0.2) is 12.6 Å². The molecule has 0 saturated carbocycles. The summed E-state index contributed by atoms with van der Waals surface area (Å²) in [4.78, 5) is 24.1. The van der Waals surface area contributed by atoms with Crippen molar-refractivity contribution in [2.45, 2.75) is 57.8 Å². The zero-order valence-electron chi connectivity index (χ0n) is 22.3. The molecule has 0 spiro atoms. The van der Waals surface area contributed by atoms with Crippen LogP contribution in [0.3, 0.4) is 0 Å². The van der Waals surface area contributed by atoms with Gasteiger partial charge in [-0.2, -0.15) is 0 Å². The summed E-state index contributed by atoms with van der Waals surface area (Å²) in [5.74, 6) is 13.1. The molecule has 0 atom stereocenters. The van der Waals surface area contributed by atoms with Crippen molar-refractivity contribution in [3.8, 4) is 34.8 Å². The molecule has 0 saturated heterocycles. The summed E-state index contributed by atoms with van der Waals surface area (Å²) >= 11 is 2.84. The Kier molecular flexibility index (Phi) is 8.27. The van der Waals surface area contributed by atoms with Crippen LogP contribution in [0.4, 0.5) is 0 Å². The van der Waals surface area contributed by atoms with Crippen LogP contribution in [0.1, 0.15) is 105 Å². The zero-order chi connectivity index (χ0) is 27.2. The fraction of sp³-hybridized carbons (Fsp3) is 0.257. The number of aldehydes is 2. The van der Waals surface area contributed by atoms with Gasteiger partial charge in [0.1, 0.15) is 0 Å². The summed E-state index contributed by atoms with van der Waals surface area (Å²) < 4.78 is 0. The van der Waals surface area contributed by atoms with E-state index >= 15 is 0 Å². The maximum absolute atomic E-state index is 11.4. The Bertz CT molecular complexity index is 1520. The summed E-state index contributed by atoms with van der Waals surface area (Å²) in [6, 6.07) is 17.0. The second-order valence-electron chi connectivity index (χ2n) is 9.94. The number of carbonyl (C=O) groups is 2. The lowest BCUT2D eigenvalue weighted by molar-refractivity contribution is 0.111. The van der Waals surface area contributed by atoms with Crippen LogP contribution >= 0.6 is 22.7 Å². The molecule has 39 heavy (non-hydrogen) atoms. The third-order valence-corrected chi connectivity index (χ3v) is 9.25. The van der Waals surface area contributed by atoms with Crippen molar-refractivity contribution in [3.63, 3.8) is 0 Å². The van der Waals surface area contributed by atoms with E-state index in [2.05, 4.69) is 73.9 Å². The monoisotopic (exact) mass is 546 g/mol. The number of thiophene rings is 2. The average molecular weight is 547 g/mol. The van der Waals surface area contributed by atoms with Crippen LogP contribution in [0.2, 0.25) is 0 Å². The van der Waals surface area contributed by atoms with Gasteiger partial charge in [-0.1, -0.05) is 75.3 Å². The highest BCUT2D eigenvalue weighted by Crippen LogP contribution is 2.54. The molecule has 5 rings (SSSR count). The van der Waals surface area contributed by atoms with Gasteiger partial charge in [0.2, 0.25) is 0 Å². The summed E-state index contributed by atoms with van der Waals surface area (Å²) in [7, 11) is 0. The van der Waals surface area contributed by atoms with Crippen LogP contribution in [-0.2, 0) is 5.41 Å². The molecular formula is C35H30O2S2. The maximum atomic E-state index is 11.4. The maximum Gasteiger partial charge on any atom is 0.161 e. The first kappa shape index (κ1) is 26.9. The molecule has 2 heterocycles. The lowest BCUT2D eigenvalue weighted by atomic mass is 9.70. The number of benzene rings is 2. The zero-order valence-corrected chi connectivity index (χ0v) is 23.9. The predicted octanol–water partition coefficient (Wildman–Crippen LogP) is 8.88. The van der Waals surface area contributed by atoms with Gasteiger partial charge < -0.3 is 0 Å². The number of hydrogen-bond acceptors (Lipinski definition) is 4. The molecule has 2 nitrogen and oxygen atoms in total. The first-order chi connectivity index (χ1) is 19.1. The molecular weight excluding hydrogens is 517 g/mol. The number of fused-ring (bicyclic) bond motifs is 3. The molecule has 2 aromatic heterocycles. The van der Waals surface area contributed by atoms with Crippen molar-refractivity contribution < 1.29 is 9.59 Å². The lowest BCUT2D eigenvalue weighted by Gasteiger charge is -2.33. The summed E-state index contributed by atoms with van der Waals surface area (Å²) in [6.07, 6.45) is 8.48. The minimum atomic E-state index is -0.0846. The van der Waals surface area contributed by atoms with E-state index < -0.39 is 0 Å². The topological polar surface area (TPSA) is 34.1 Å². The van der Waals surface area contributed by atoms with Gasteiger partial charge in [0.05, 0.1) is 9.75 Å². The SMILES string of the molecule is CCCCC1(CCCC)c2cc(C#Cc3ccsc3C=O)ccc2-c2ccc(C#Cc3ccsc3C=O)cc21. The smallest absolute Gasteiger partial charge is 0.161 e. The van der Waals surface area contributed by atoms with Gasteiger partial charge >= 0.3 is 0 Å². The van der Waals surface area contributed by atoms with Gasteiger partial charge in [-0.3, -0.25) is 9.59 Å². The van der Waals surface area contributed by atoms with Crippen molar-refractivity contribution in [2.24, 2.45) is 0 Å². The first-order valence-corrected chi connectivity index (χ1v) is 15.3. The van der Waals surface area contributed by atoms with Crippen LogP contribution in [0, 0.1) is 23.7 Å². The van der Waals surface area contributed by atoms with E-state index in [0.29, 0.717) is 9.75 Å². The number of rotatable bonds is 8. The molecule has 0 N–H and O–H groups in total. The Hall–Kier alpha value is -3.70. The minimum absolute atomic E-state index is 0.0846. The van der Waals surface area contributed by atoms with E-state index in [1.807, 2.05) is 22.9 Å². The van der Waals surface area contributed by atoms with Crippen molar-refractivity contribution in [1.82, 2.24) is 0 Å². The van der Waals surface area contributed by atoms with Crippen LogP contribution in [0.25, 0.3) is 11.1 Å². The minimum Gasteiger partial charge on any atom is -0.297 e. The number of unbranched alkanes of at least 4 members (excludes halogenated alkanes) is 2. The van der Waals surface area contributed by atoms with Crippen LogP contribution in [0.5, 0.6) is 0 Å². The molecule has 0 fully saturated rings. The predicted molar refractivity (Wildman–Crippen MR) is 163 cm³/mol. The number of hydrogen-bond donors (Lipinski definition) is 0. The lowest BCUT2D eigenvalue weighted by Crippen LogP contribution is -2.25. The van der Waals surface area contributed by atoms with E-state index in [9.17, 15) is 9.59 Å². The fourth-order valence-electron chi connectivity index (χ4n) is 5.58. The Morgan fingerprint density at radius 3 is 1.54 bits per heavy atom. The molecule has 0 radical (unpaired) electrons. The van der Waals surface area contributed by atoms with Gasteiger partial charge in [-0.05, 0) is 82.3 Å². The Morgan fingerprint density at radius 1 is 0.667 bits per heavy atom. The summed E-state index contributed by atoms with van der Waals surface area (Å²) in [6.45, 7) is 4.51. The van der Waals surface area contributed by atoms with E-state index in [4.69, 9.17) is 0 Å². The third kappa shape index (κ3) is 5.28. The normalized spacial score (nSPS) is 12.5. The van der Waals surface area contributed by atoms with Crippen LogP contribution < -0.4 is 0 Å². The van der Waals surface area contributed by atoms with Crippen molar-refractivity contribution in [2.75, 3.05) is 0 Å². The molecule has 4 aromatic rings. The van der Waals surface area contributed by atoms with E-state index in [1.165, 1.54) is 44.9 Å². The van der Waals surface area contributed by atoms with Gasteiger partial charge in [0.15, 0.2) is 12.6 Å². The largest absolute Gasteiger partial charge is 0.297 e. The van der Waals surface area contributed by atoms with Crippen molar-refractivity contribution >= 4 is 35.2 Å². The second-order valence-corrected chi connectivity index (χ2v) is 11.8. The highest BCUT2D eigenvalue weighted by atomic mass is 32.1. The molecule has 2 aromatic carbocycles. The molecule has 1 aliphatic carbocycles. The highest BCUT2D eigenvalue weighted by Gasteiger charge is 2.42. The Balaban J connectivity index is 1.61. The highest BCUT2D eigenvalue weighted by molar-refractivity contribution is 7.12. The van der Waals surface area contributed by atoms with Crippen molar-refractivity contribution in [1.29, 1.82) is 0 Å². The van der Waals surface area contributed by atoms with Gasteiger partial charge in [0, 0.05) is 27.7 Å². The van der Waals surface area contributed by atoms with Gasteiger partial charge in [-0.25, -0.2) is 0 Å². The molecule has 194 valence electrons. The summed E-state index contributed by atoms with van der Waals surface area (Å²) in [5.41, 5.74) is 8.72. The molecule has 0 bridgehead atoms. The molecule has 0 unspecified atom stereocenters. The molecule has 4 heteroatoms. The number of carbonyl (C=O) groups excluding carboxylic acids is 2. The third-order valence-electron chi connectivity index (χ3n) is 7.56. The molecule has 0 aliphatic heterocycles. The quantitative estimate of drug-likeness (QED) is 0.163. The average Bonchev–Trinajstić information content (AvgIpc) is 3.69. The molecule has 1 aliphatic rings. The summed E-state index contributed by atoms with van der Waals surface area (Å²) in [5, 5.41) is 3.82. The Labute approximate surface area is 239 Å². The Morgan fingerprint density at radius 2 is 1.13 bits per heavy atom. The van der Waals surface area contributed by atoms with Gasteiger partial charge in [0.25, 0.3) is 0 Å². The fourth-order valence-corrected chi connectivity index (χ4v) is 6.89. The van der Waals surface area contributed by atoms with E-state index in [1.54, 1.807) is 0 Å². The first-order valence-electron chi connectivity index (χ1n) is 13.5. The standard InChI is InChI=1S/C35H30O2S2/c1-3-5-17-35(18-6-4-2)31-21-25(7-11-27-15-19-38-33(27)23-36)9-13-29(31)30-14-10-26(22-32(30)35)8-12-28-16-20-39-34(28)24-37/h9-10,13-16,19-24H,3-6,17-18H2,1-2H3. The van der Waals surface area contributed by atoms with Gasteiger partial charge in [-0.15, -0.1) is 22.7 Å². The second kappa shape index (κ2) is 12.0.